The molecule has 1 saturated heterocycles. The number of aliphatic hydroxyl groups excluding tert-OH is 1. The van der Waals surface area contributed by atoms with Gasteiger partial charge in [0.05, 0.1) is 12.3 Å². The van der Waals surface area contributed by atoms with Gasteiger partial charge in [0.1, 0.15) is 6.04 Å². The van der Waals surface area contributed by atoms with Crippen molar-refractivity contribution in [3.05, 3.63) is 18.0 Å². The number of amides is 1. The molecule has 0 saturated carbocycles. The Morgan fingerprint density at radius 2 is 2.40 bits per heavy atom. The van der Waals surface area contributed by atoms with Crippen molar-refractivity contribution in [2.45, 2.75) is 12.1 Å². The lowest BCUT2D eigenvalue weighted by molar-refractivity contribution is -0.142. The minimum atomic E-state index is -0.675. The molecule has 6 heteroatoms. The van der Waals surface area contributed by atoms with E-state index in [4.69, 9.17) is 10.8 Å². The summed E-state index contributed by atoms with van der Waals surface area (Å²) in [6.45, 7) is 0.763. The lowest BCUT2D eigenvalue weighted by Crippen LogP contribution is -2.55. The lowest BCUT2D eigenvalue weighted by Gasteiger charge is -2.37. The molecule has 1 aliphatic heterocycles. The maximum absolute atomic E-state index is 11.7. The van der Waals surface area contributed by atoms with E-state index >= 15 is 0 Å². The van der Waals surface area contributed by atoms with Gasteiger partial charge in [-0.3, -0.25) is 9.48 Å². The normalized spacial score (nSPS) is 18.7. The second kappa shape index (κ2) is 3.63. The summed E-state index contributed by atoms with van der Waals surface area (Å²) < 4.78 is 1.60. The quantitative estimate of drug-likeness (QED) is 0.630. The molecule has 1 aromatic heterocycles. The Morgan fingerprint density at radius 3 is 2.87 bits per heavy atom. The van der Waals surface area contributed by atoms with Crippen molar-refractivity contribution in [3.8, 4) is 0 Å². The number of aliphatic hydroxyl groups is 1. The highest BCUT2D eigenvalue weighted by molar-refractivity contribution is 5.83. The largest absolute Gasteiger partial charge is 0.389 e. The number of hydrogen-bond acceptors (Lipinski definition) is 4. The van der Waals surface area contributed by atoms with Crippen LogP contribution in [0.3, 0.4) is 0 Å². The van der Waals surface area contributed by atoms with Crippen LogP contribution in [0.15, 0.2) is 12.4 Å². The molecule has 0 aliphatic carbocycles. The average Bonchev–Trinajstić information content (AvgIpc) is 2.58. The van der Waals surface area contributed by atoms with E-state index in [1.54, 1.807) is 29.0 Å². The van der Waals surface area contributed by atoms with Crippen LogP contribution in [0.4, 0.5) is 0 Å². The Morgan fingerprint density at radius 1 is 1.73 bits per heavy atom. The van der Waals surface area contributed by atoms with Crippen LogP contribution >= 0.6 is 0 Å². The first-order valence-electron chi connectivity index (χ1n) is 4.79. The van der Waals surface area contributed by atoms with Gasteiger partial charge >= 0.3 is 0 Å². The third-order valence-corrected chi connectivity index (χ3v) is 2.52. The Labute approximate surface area is 87.3 Å². The van der Waals surface area contributed by atoms with E-state index in [1.165, 1.54) is 0 Å². The van der Waals surface area contributed by atoms with Crippen LogP contribution in [0.1, 0.15) is 11.6 Å². The van der Waals surface area contributed by atoms with Crippen molar-refractivity contribution in [2.75, 3.05) is 13.1 Å². The first-order chi connectivity index (χ1) is 7.08. The summed E-state index contributed by atoms with van der Waals surface area (Å²) in [5, 5.41) is 13.0. The van der Waals surface area contributed by atoms with Crippen molar-refractivity contribution in [3.63, 3.8) is 0 Å². The fraction of sp³-hybridized carbons (Fsp3) is 0.556. The van der Waals surface area contributed by atoms with E-state index in [1.807, 2.05) is 0 Å². The molecule has 2 heterocycles. The number of carbonyl (C=O) groups excluding carboxylic acids is 1. The van der Waals surface area contributed by atoms with E-state index in [9.17, 15) is 4.79 Å². The highest BCUT2D eigenvalue weighted by atomic mass is 16.3. The number of aryl methyl sites for hydroxylation is 1. The number of likely N-dealkylation sites (tertiary alicyclic amines) is 1. The predicted octanol–water partition coefficient (Wildman–Crippen LogP) is -1.38. The number of nitrogens with two attached hydrogens (primary N) is 1. The molecular weight excluding hydrogens is 196 g/mol. The number of β-amino-alcohol motifs (C(OH)–C–C–N with tert-alkyl or cyclic N) is 1. The summed E-state index contributed by atoms with van der Waals surface area (Å²) in [4.78, 5) is 13.3. The smallest absolute Gasteiger partial charge is 0.244 e. The van der Waals surface area contributed by atoms with Gasteiger partial charge in [-0.25, -0.2) is 0 Å². The van der Waals surface area contributed by atoms with Gasteiger partial charge in [0, 0.05) is 31.9 Å². The van der Waals surface area contributed by atoms with Crippen LogP contribution < -0.4 is 5.73 Å². The second-order valence-corrected chi connectivity index (χ2v) is 3.82. The van der Waals surface area contributed by atoms with Crippen molar-refractivity contribution < 1.29 is 9.90 Å². The van der Waals surface area contributed by atoms with Crippen LogP contribution in [0.2, 0.25) is 0 Å². The Kier molecular flexibility index (Phi) is 2.45. The Hall–Kier alpha value is -1.40. The summed E-state index contributed by atoms with van der Waals surface area (Å²) in [5.41, 5.74) is 6.48. The minimum absolute atomic E-state index is 0.159. The van der Waals surface area contributed by atoms with Crippen LogP contribution in [0.5, 0.6) is 0 Å². The molecule has 0 aromatic carbocycles. The number of rotatable bonds is 2. The highest BCUT2D eigenvalue weighted by Gasteiger charge is 2.32. The first-order valence-corrected chi connectivity index (χ1v) is 4.79. The summed E-state index contributed by atoms with van der Waals surface area (Å²) in [7, 11) is 1.77. The third kappa shape index (κ3) is 1.86. The zero-order valence-electron chi connectivity index (χ0n) is 8.50. The molecule has 82 valence electrons. The predicted molar refractivity (Wildman–Crippen MR) is 52.7 cm³/mol. The van der Waals surface area contributed by atoms with E-state index in [2.05, 4.69) is 5.10 Å². The molecule has 1 atom stereocenters. The van der Waals surface area contributed by atoms with Crippen LogP contribution in [0.25, 0.3) is 0 Å². The zero-order chi connectivity index (χ0) is 11.0. The average molecular weight is 210 g/mol. The van der Waals surface area contributed by atoms with Crippen molar-refractivity contribution in [1.82, 2.24) is 14.7 Å². The molecule has 1 aromatic rings. The standard InChI is InChI=1S/C9H14N4O2/c1-12-3-6(2-11-12)8(10)9(15)13-4-7(14)5-13/h2-3,7-8,14H,4-5,10H2,1H3. The van der Waals surface area contributed by atoms with Gasteiger partial charge in [0.25, 0.3) is 0 Å². The zero-order valence-corrected chi connectivity index (χ0v) is 8.50. The lowest BCUT2D eigenvalue weighted by atomic mass is 10.1. The van der Waals surface area contributed by atoms with E-state index in [-0.39, 0.29) is 5.91 Å². The molecule has 1 fully saturated rings. The van der Waals surface area contributed by atoms with Gasteiger partial charge in [-0.15, -0.1) is 0 Å². The monoisotopic (exact) mass is 210 g/mol. The molecule has 0 bridgehead atoms. The van der Waals surface area contributed by atoms with Crippen molar-refractivity contribution in [1.29, 1.82) is 0 Å². The molecule has 1 unspecified atom stereocenters. The topological polar surface area (TPSA) is 84.4 Å². The van der Waals surface area contributed by atoms with Gasteiger partial charge in [0.15, 0.2) is 0 Å². The van der Waals surface area contributed by atoms with Gasteiger partial charge in [-0.1, -0.05) is 0 Å². The third-order valence-electron chi connectivity index (χ3n) is 2.52. The molecule has 6 nitrogen and oxygen atoms in total. The Balaban J connectivity index is 2.02. The number of nitrogens with zero attached hydrogens (tertiary/aromatic N) is 3. The van der Waals surface area contributed by atoms with Crippen LogP contribution in [0, 0.1) is 0 Å². The van der Waals surface area contributed by atoms with Gasteiger partial charge in [-0.05, 0) is 0 Å². The maximum atomic E-state index is 11.7. The number of carbonyl (C=O) groups is 1. The second-order valence-electron chi connectivity index (χ2n) is 3.82. The molecule has 0 radical (unpaired) electrons. The summed E-state index contributed by atoms with van der Waals surface area (Å²) in [6.07, 6.45) is 2.91. The minimum Gasteiger partial charge on any atom is -0.389 e. The summed E-state index contributed by atoms with van der Waals surface area (Å²) in [5.74, 6) is -0.159. The molecule has 1 amide bonds. The SMILES string of the molecule is Cn1cc(C(N)C(=O)N2CC(O)C2)cn1. The number of aromatic nitrogens is 2. The van der Waals surface area contributed by atoms with Crippen molar-refractivity contribution in [2.24, 2.45) is 12.8 Å². The highest BCUT2D eigenvalue weighted by Crippen LogP contribution is 2.16. The van der Waals surface area contributed by atoms with E-state index < -0.39 is 12.1 Å². The van der Waals surface area contributed by atoms with Crippen molar-refractivity contribution >= 4 is 5.91 Å². The van der Waals surface area contributed by atoms with Crippen LogP contribution in [-0.4, -0.2) is 44.9 Å². The van der Waals surface area contributed by atoms with Gasteiger partial charge in [-0.2, -0.15) is 5.10 Å². The van der Waals surface area contributed by atoms with Gasteiger partial charge in [0.2, 0.25) is 5.91 Å². The summed E-state index contributed by atoms with van der Waals surface area (Å²) in [6, 6.07) is -0.675. The molecule has 3 N–H and O–H groups in total. The molecular formula is C9H14N4O2. The molecule has 1 aliphatic rings. The maximum Gasteiger partial charge on any atom is 0.244 e. The molecule has 0 spiro atoms. The Bertz CT molecular complexity index is 370. The van der Waals surface area contributed by atoms with E-state index in [0.717, 1.165) is 0 Å². The fourth-order valence-corrected chi connectivity index (χ4v) is 1.58. The van der Waals surface area contributed by atoms with E-state index in [0.29, 0.717) is 18.7 Å². The van der Waals surface area contributed by atoms with Crippen LogP contribution in [-0.2, 0) is 11.8 Å². The molecule has 15 heavy (non-hydrogen) atoms. The number of hydrogen-bond donors (Lipinski definition) is 2. The van der Waals surface area contributed by atoms with Gasteiger partial charge < -0.3 is 15.7 Å². The first kappa shape index (κ1) is 10.1. The molecule has 2 rings (SSSR count). The summed E-state index contributed by atoms with van der Waals surface area (Å²) >= 11 is 0. The fourth-order valence-electron chi connectivity index (χ4n) is 1.58.